The van der Waals surface area contributed by atoms with Gasteiger partial charge in [0.25, 0.3) is 0 Å². The Balaban J connectivity index is 0.000000454. The molecule has 0 radical (unpaired) electrons. The van der Waals surface area contributed by atoms with Gasteiger partial charge >= 0.3 is 0 Å². The van der Waals surface area contributed by atoms with E-state index in [9.17, 15) is 4.79 Å². The number of nitrogens with zero attached hydrogens (tertiary/aromatic N) is 3. The second-order valence-corrected chi connectivity index (χ2v) is 9.66. The maximum absolute atomic E-state index is 10.6. The van der Waals surface area contributed by atoms with Gasteiger partial charge in [0.1, 0.15) is 11.9 Å². The lowest BCUT2D eigenvalue weighted by molar-refractivity contribution is -0.110. The zero-order valence-corrected chi connectivity index (χ0v) is 20.6. The summed E-state index contributed by atoms with van der Waals surface area (Å²) in [7, 11) is 1.71. The highest BCUT2D eigenvalue weighted by Crippen LogP contribution is 2.31. The molecule has 1 aliphatic heterocycles. The third kappa shape index (κ3) is 7.54. The fraction of sp³-hybridized carbons (Fsp3) is 0.640. The van der Waals surface area contributed by atoms with Crippen molar-refractivity contribution in [2.45, 2.75) is 71.1 Å². The Morgan fingerprint density at radius 2 is 1.82 bits per heavy atom. The van der Waals surface area contributed by atoms with Crippen molar-refractivity contribution in [1.29, 1.82) is 0 Å². The number of pyridine rings is 2. The van der Waals surface area contributed by atoms with Crippen LogP contribution in [-0.2, 0) is 14.3 Å². The average Bonchev–Trinajstić information content (AvgIpc) is 2.81. The lowest BCUT2D eigenvalue weighted by Gasteiger charge is -2.30. The second kappa shape index (κ2) is 11.6. The number of hydrogen-bond donors (Lipinski definition) is 1. The van der Waals surface area contributed by atoms with Crippen molar-refractivity contribution in [2.75, 3.05) is 38.3 Å². The highest BCUT2D eigenvalue weighted by Gasteiger charge is 2.24. The lowest BCUT2D eigenvalue weighted by atomic mass is 9.93. The summed E-state index contributed by atoms with van der Waals surface area (Å²) in [5, 5.41) is 3.84. The minimum atomic E-state index is 0.0417. The van der Waals surface area contributed by atoms with Crippen LogP contribution in [0.1, 0.15) is 52.0 Å². The van der Waals surface area contributed by atoms with Crippen molar-refractivity contribution in [2.24, 2.45) is 0 Å². The quantitative estimate of drug-likeness (QED) is 0.685. The van der Waals surface area contributed by atoms with Crippen LogP contribution in [0.15, 0.2) is 18.3 Å². The predicted molar refractivity (Wildman–Crippen MR) is 130 cm³/mol. The van der Waals surface area contributed by atoms with Crippen LogP contribution in [0.4, 0.5) is 5.82 Å². The molecule has 3 heterocycles. The van der Waals surface area contributed by atoms with Gasteiger partial charge in [-0.25, -0.2) is 0 Å². The second-order valence-electron chi connectivity index (χ2n) is 9.66. The maximum atomic E-state index is 10.6. The normalized spacial score (nSPS) is 21.2. The number of hydrogen-bond acceptors (Lipinski definition) is 7. The Kier molecular flexibility index (Phi) is 8.86. The van der Waals surface area contributed by atoms with Crippen LogP contribution in [0, 0.1) is 6.92 Å². The molecule has 0 aromatic carbocycles. The first-order chi connectivity index (χ1) is 15.8. The fourth-order valence-corrected chi connectivity index (χ4v) is 3.83. The monoisotopic (exact) mass is 458 g/mol. The van der Waals surface area contributed by atoms with E-state index >= 15 is 0 Å². The van der Waals surface area contributed by atoms with Crippen LogP contribution in [-0.4, -0.2) is 67.5 Å². The van der Waals surface area contributed by atoms with E-state index in [1.54, 1.807) is 7.11 Å². The van der Waals surface area contributed by atoms with Gasteiger partial charge < -0.3 is 24.4 Å². The first-order valence-corrected chi connectivity index (χ1v) is 11.8. The SMILES string of the molecule is COC(C)(C)C.Cc1cnc2cc(N3CCOCC3)nc(OC3CCC(NC=O)CC3)c2c1. The van der Waals surface area contributed by atoms with Crippen molar-refractivity contribution in [3.8, 4) is 5.88 Å². The zero-order valence-electron chi connectivity index (χ0n) is 20.6. The summed E-state index contributed by atoms with van der Waals surface area (Å²) in [6.45, 7) is 11.2. The molecule has 182 valence electrons. The van der Waals surface area contributed by atoms with Gasteiger partial charge in [-0.05, 0) is 65.0 Å². The van der Waals surface area contributed by atoms with Crippen LogP contribution in [0.25, 0.3) is 10.9 Å². The Hall–Kier alpha value is -2.45. The van der Waals surface area contributed by atoms with Gasteiger partial charge in [0, 0.05) is 38.5 Å². The van der Waals surface area contributed by atoms with Gasteiger partial charge in [0.2, 0.25) is 12.3 Å². The third-order valence-electron chi connectivity index (χ3n) is 5.97. The number of ether oxygens (including phenoxy) is 3. The van der Waals surface area contributed by atoms with Crippen LogP contribution < -0.4 is 15.0 Å². The smallest absolute Gasteiger partial charge is 0.225 e. The lowest BCUT2D eigenvalue weighted by Crippen LogP contribution is -2.37. The van der Waals surface area contributed by atoms with Gasteiger partial charge in [-0.3, -0.25) is 9.78 Å². The highest BCUT2D eigenvalue weighted by molar-refractivity contribution is 5.86. The molecule has 2 aromatic heterocycles. The molecule has 1 saturated carbocycles. The van der Waals surface area contributed by atoms with E-state index in [1.165, 1.54) is 0 Å². The third-order valence-corrected chi connectivity index (χ3v) is 5.97. The number of fused-ring (bicyclic) bond motifs is 1. The summed E-state index contributed by atoms with van der Waals surface area (Å²) < 4.78 is 16.8. The number of morpholine rings is 1. The maximum Gasteiger partial charge on any atom is 0.225 e. The van der Waals surface area contributed by atoms with Gasteiger partial charge in [-0.15, -0.1) is 0 Å². The average molecular weight is 459 g/mol. The van der Waals surface area contributed by atoms with Crippen LogP contribution in [0.2, 0.25) is 0 Å². The number of anilines is 1. The van der Waals surface area contributed by atoms with Crippen molar-refractivity contribution in [1.82, 2.24) is 15.3 Å². The Morgan fingerprint density at radius 1 is 1.15 bits per heavy atom. The first-order valence-electron chi connectivity index (χ1n) is 11.8. The van der Waals surface area contributed by atoms with Gasteiger partial charge in [-0.2, -0.15) is 4.98 Å². The van der Waals surface area contributed by atoms with Crippen LogP contribution in [0.5, 0.6) is 5.88 Å². The molecular formula is C25H38N4O4. The number of nitrogens with one attached hydrogen (secondary N) is 1. The summed E-state index contributed by atoms with van der Waals surface area (Å²) in [5.41, 5.74) is 2.04. The molecule has 8 nitrogen and oxygen atoms in total. The van der Waals surface area contributed by atoms with E-state index in [-0.39, 0.29) is 17.7 Å². The largest absolute Gasteiger partial charge is 0.474 e. The standard InChI is InChI=1S/C20H26N4O3.C5H12O/c1-14-10-17-18(21-12-14)11-19(24-6-8-26-9-7-24)23-20(17)27-16-4-2-15(3-5-16)22-13-25;1-5(2,3)6-4/h10-13,15-16H,2-9H2,1H3,(H,22,25);1-4H3. The molecule has 1 saturated heterocycles. The van der Waals surface area contributed by atoms with E-state index < -0.39 is 0 Å². The van der Waals surface area contributed by atoms with Gasteiger partial charge in [-0.1, -0.05) is 0 Å². The molecule has 0 bridgehead atoms. The topological polar surface area (TPSA) is 85.8 Å². The van der Waals surface area contributed by atoms with E-state index in [0.29, 0.717) is 19.1 Å². The van der Waals surface area contributed by atoms with Crippen LogP contribution in [0.3, 0.4) is 0 Å². The summed E-state index contributed by atoms with van der Waals surface area (Å²) in [5.74, 6) is 1.56. The molecule has 0 atom stereocenters. The molecule has 1 N–H and O–H groups in total. The molecule has 0 unspecified atom stereocenters. The van der Waals surface area contributed by atoms with Crippen LogP contribution >= 0.6 is 0 Å². The van der Waals surface area contributed by atoms with Crippen molar-refractivity contribution >= 4 is 23.1 Å². The fourth-order valence-electron chi connectivity index (χ4n) is 3.83. The van der Waals surface area contributed by atoms with E-state index in [0.717, 1.165) is 67.5 Å². The number of carbonyl (C=O) groups is 1. The molecule has 2 aliphatic rings. The zero-order chi connectivity index (χ0) is 23.8. The number of aryl methyl sites for hydroxylation is 1. The number of rotatable bonds is 5. The van der Waals surface area contributed by atoms with Gasteiger partial charge in [0.15, 0.2) is 0 Å². The van der Waals surface area contributed by atoms with Crippen molar-refractivity contribution in [3.63, 3.8) is 0 Å². The summed E-state index contributed by atoms with van der Waals surface area (Å²) in [6.07, 6.45) is 6.48. The summed E-state index contributed by atoms with van der Waals surface area (Å²) >= 11 is 0. The van der Waals surface area contributed by atoms with E-state index in [1.807, 2.05) is 40.0 Å². The number of amides is 1. The molecule has 1 aliphatic carbocycles. The minimum Gasteiger partial charge on any atom is -0.474 e. The minimum absolute atomic E-state index is 0.0417. The summed E-state index contributed by atoms with van der Waals surface area (Å²) in [6, 6.07) is 4.39. The molecule has 1 amide bonds. The Labute approximate surface area is 197 Å². The molecule has 4 rings (SSSR count). The van der Waals surface area contributed by atoms with E-state index in [2.05, 4.69) is 21.3 Å². The molecular weight excluding hydrogens is 420 g/mol. The van der Waals surface area contributed by atoms with Gasteiger partial charge in [0.05, 0.1) is 29.7 Å². The highest BCUT2D eigenvalue weighted by atomic mass is 16.5. The molecule has 0 spiro atoms. The Morgan fingerprint density at radius 3 is 2.42 bits per heavy atom. The van der Waals surface area contributed by atoms with Crippen molar-refractivity contribution < 1.29 is 19.0 Å². The number of methoxy groups -OCH3 is 1. The van der Waals surface area contributed by atoms with Crippen molar-refractivity contribution in [3.05, 3.63) is 23.9 Å². The predicted octanol–water partition coefficient (Wildman–Crippen LogP) is 3.64. The molecule has 8 heteroatoms. The number of aromatic nitrogens is 2. The Bertz CT molecular complexity index is 901. The van der Waals surface area contributed by atoms with E-state index in [4.69, 9.17) is 19.2 Å². The molecule has 33 heavy (non-hydrogen) atoms. The molecule has 2 fully saturated rings. The molecule has 2 aromatic rings. The number of carbonyl (C=O) groups excluding carboxylic acids is 1. The summed E-state index contributed by atoms with van der Waals surface area (Å²) in [4.78, 5) is 22.3. The first kappa shape index (κ1) is 25.2.